The largest absolute Gasteiger partial charge is 0.294 e. The molecular weight excluding hydrogens is 320 g/mol. The lowest BCUT2D eigenvalue weighted by atomic mass is 9.95. The van der Waals surface area contributed by atoms with Crippen LogP contribution in [0.5, 0.6) is 0 Å². The van der Waals surface area contributed by atoms with Crippen LogP contribution in [-0.4, -0.2) is 11.6 Å². The second-order valence-electron chi connectivity index (χ2n) is 6.92. The fraction of sp³-hybridized carbons (Fsp3) is 0.417. The molecule has 0 atom stereocenters. The van der Waals surface area contributed by atoms with E-state index in [9.17, 15) is 9.59 Å². The molecule has 26 heavy (non-hydrogen) atoms. The molecule has 2 heteroatoms. The molecule has 2 aromatic rings. The highest BCUT2D eigenvalue weighted by Gasteiger charge is 2.16. The highest BCUT2D eigenvalue weighted by molar-refractivity contribution is 6.14. The zero-order valence-corrected chi connectivity index (χ0v) is 15.9. The van der Waals surface area contributed by atoms with Crippen molar-refractivity contribution in [2.45, 2.75) is 64.7 Å². The molecule has 2 nitrogen and oxygen atoms in total. The molecule has 2 rings (SSSR count). The Kier molecular flexibility index (Phi) is 8.82. The van der Waals surface area contributed by atoms with Crippen LogP contribution in [0.25, 0.3) is 0 Å². The highest BCUT2D eigenvalue weighted by Crippen LogP contribution is 2.17. The van der Waals surface area contributed by atoms with E-state index < -0.39 is 0 Å². The van der Waals surface area contributed by atoms with Gasteiger partial charge in [0.15, 0.2) is 11.6 Å². The smallest absolute Gasteiger partial charge is 0.170 e. The Hall–Kier alpha value is -2.22. The van der Waals surface area contributed by atoms with Crippen LogP contribution in [0.3, 0.4) is 0 Å². The van der Waals surface area contributed by atoms with Crippen LogP contribution < -0.4 is 0 Å². The maximum absolute atomic E-state index is 12.6. The molecule has 0 saturated heterocycles. The van der Waals surface area contributed by atoms with Crippen molar-refractivity contribution in [2.75, 3.05) is 0 Å². The molecule has 0 aliphatic rings. The van der Waals surface area contributed by atoms with E-state index in [2.05, 4.69) is 6.92 Å². The molecule has 0 aromatic heterocycles. The van der Waals surface area contributed by atoms with Gasteiger partial charge in [0.2, 0.25) is 0 Å². The average Bonchev–Trinajstić information content (AvgIpc) is 2.68. The first-order valence-corrected chi connectivity index (χ1v) is 9.91. The molecular formula is C24H30O2. The van der Waals surface area contributed by atoms with Gasteiger partial charge in [0.05, 0.1) is 6.42 Å². The van der Waals surface area contributed by atoms with Gasteiger partial charge in [-0.3, -0.25) is 9.59 Å². The molecule has 2 aromatic carbocycles. The van der Waals surface area contributed by atoms with Gasteiger partial charge in [-0.05, 0) is 18.4 Å². The molecule has 0 aliphatic carbocycles. The summed E-state index contributed by atoms with van der Waals surface area (Å²) in [6.07, 6.45) is 9.66. The van der Waals surface area contributed by atoms with Gasteiger partial charge in [-0.25, -0.2) is 0 Å². The number of carbonyl (C=O) groups excluding carboxylic acids is 2. The van der Waals surface area contributed by atoms with Crippen molar-refractivity contribution >= 4 is 11.6 Å². The monoisotopic (exact) mass is 350 g/mol. The van der Waals surface area contributed by atoms with Crippen LogP contribution in [0.1, 0.15) is 84.6 Å². The Balaban J connectivity index is 1.87. The number of hydrogen-bond donors (Lipinski definition) is 0. The fourth-order valence-electron chi connectivity index (χ4n) is 3.25. The van der Waals surface area contributed by atoms with Crippen LogP contribution in [0.15, 0.2) is 54.6 Å². The van der Waals surface area contributed by atoms with Crippen molar-refractivity contribution in [3.8, 4) is 0 Å². The Morgan fingerprint density at radius 1 is 0.692 bits per heavy atom. The third-order valence-electron chi connectivity index (χ3n) is 4.78. The Labute approximate surface area is 157 Å². The standard InChI is InChI=1S/C24H30O2/c1-2-3-4-5-6-7-9-14-20-15-12-13-18-22(20)24(26)19-23(25)21-16-10-8-11-17-21/h8,10-13,15-18H,2-7,9,14,19H2,1H3. The number of Topliss-reactive ketones (excluding diaryl/α,β-unsaturated/α-hetero) is 2. The summed E-state index contributed by atoms with van der Waals surface area (Å²) in [4.78, 5) is 24.9. The number of carbonyl (C=O) groups is 2. The van der Waals surface area contributed by atoms with Crippen molar-refractivity contribution in [1.82, 2.24) is 0 Å². The third kappa shape index (κ3) is 6.59. The van der Waals surface area contributed by atoms with Gasteiger partial charge in [0.1, 0.15) is 0 Å². The molecule has 0 fully saturated rings. The summed E-state index contributed by atoms with van der Waals surface area (Å²) in [5, 5.41) is 0. The Bertz CT molecular complexity index is 688. The maximum atomic E-state index is 12.6. The number of ketones is 2. The van der Waals surface area contributed by atoms with Gasteiger partial charge in [-0.2, -0.15) is 0 Å². The van der Waals surface area contributed by atoms with Crippen LogP contribution in [-0.2, 0) is 6.42 Å². The number of hydrogen-bond acceptors (Lipinski definition) is 2. The van der Waals surface area contributed by atoms with Crippen molar-refractivity contribution in [2.24, 2.45) is 0 Å². The van der Waals surface area contributed by atoms with Gasteiger partial charge in [0.25, 0.3) is 0 Å². The zero-order valence-electron chi connectivity index (χ0n) is 15.9. The summed E-state index contributed by atoms with van der Waals surface area (Å²) in [6, 6.07) is 16.8. The zero-order chi connectivity index (χ0) is 18.6. The SMILES string of the molecule is CCCCCCCCCc1ccccc1C(=O)CC(=O)c1ccccc1. The van der Waals surface area contributed by atoms with E-state index in [-0.39, 0.29) is 18.0 Å². The summed E-state index contributed by atoms with van der Waals surface area (Å²) >= 11 is 0. The van der Waals surface area contributed by atoms with Gasteiger partial charge in [0, 0.05) is 11.1 Å². The summed E-state index contributed by atoms with van der Waals surface area (Å²) in [5.41, 5.74) is 2.39. The average molecular weight is 351 g/mol. The van der Waals surface area contributed by atoms with Gasteiger partial charge in [-0.15, -0.1) is 0 Å². The number of rotatable bonds is 12. The first-order valence-electron chi connectivity index (χ1n) is 9.91. The van der Waals surface area contributed by atoms with Crippen LogP contribution in [0.4, 0.5) is 0 Å². The molecule has 0 aliphatic heterocycles. The lowest BCUT2D eigenvalue weighted by Crippen LogP contribution is -2.10. The van der Waals surface area contributed by atoms with Crippen molar-refractivity contribution in [1.29, 1.82) is 0 Å². The molecule has 0 spiro atoms. The lowest BCUT2D eigenvalue weighted by Gasteiger charge is -2.09. The maximum Gasteiger partial charge on any atom is 0.170 e. The molecule has 0 saturated carbocycles. The first-order chi connectivity index (χ1) is 12.7. The summed E-state index contributed by atoms with van der Waals surface area (Å²) in [6.45, 7) is 2.23. The third-order valence-corrected chi connectivity index (χ3v) is 4.78. The van der Waals surface area contributed by atoms with Crippen molar-refractivity contribution in [3.63, 3.8) is 0 Å². The van der Waals surface area contributed by atoms with E-state index >= 15 is 0 Å². The van der Waals surface area contributed by atoms with E-state index in [0.29, 0.717) is 11.1 Å². The molecule has 0 N–H and O–H groups in total. The van der Waals surface area contributed by atoms with Crippen LogP contribution in [0.2, 0.25) is 0 Å². The van der Waals surface area contributed by atoms with Crippen LogP contribution in [0, 0.1) is 0 Å². The molecule has 0 unspecified atom stereocenters. The number of aryl methyl sites for hydroxylation is 1. The summed E-state index contributed by atoms with van der Waals surface area (Å²) in [5.74, 6) is -0.182. The second-order valence-corrected chi connectivity index (χ2v) is 6.92. The summed E-state index contributed by atoms with van der Waals surface area (Å²) < 4.78 is 0. The molecule has 0 bridgehead atoms. The predicted molar refractivity (Wildman–Crippen MR) is 108 cm³/mol. The van der Waals surface area contributed by atoms with Crippen molar-refractivity contribution < 1.29 is 9.59 Å². The molecule has 0 amide bonds. The van der Waals surface area contributed by atoms with Gasteiger partial charge in [-0.1, -0.05) is 100 Å². The van der Waals surface area contributed by atoms with Gasteiger partial charge >= 0.3 is 0 Å². The Morgan fingerprint density at radius 3 is 2.04 bits per heavy atom. The van der Waals surface area contributed by atoms with E-state index in [0.717, 1.165) is 18.4 Å². The molecule has 138 valence electrons. The van der Waals surface area contributed by atoms with Crippen LogP contribution >= 0.6 is 0 Å². The minimum atomic E-state index is -0.110. The minimum absolute atomic E-state index is 0.0575. The first kappa shape index (κ1) is 20.1. The minimum Gasteiger partial charge on any atom is -0.294 e. The van der Waals surface area contributed by atoms with E-state index in [4.69, 9.17) is 0 Å². The van der Waals surface area contributed by atoms with E-state index in [1.165, 1.54) is 38.5 Å². The van der Waals surface area contributed by atoms with Gasteiger partial charge < -0.3 is 0 Å². The second kappa shape index (κ2) is 11.4. The van der Waals surface area contributed by atoms with E-state index in [1.54, 1.807) is 12.1 Å². The normalized spacial score (nSPS) is 10.7. The molecule has 0 radical (unpaired) electrons. The topological polar surface area (TPSA) is 34.1 Å². The highest BCUT2D eigenvalue weighted by atomic mass is 16.1. The Morgan fingerprint density at radius 2 is 1.31 bits per heavy atom. The van der Waals surface area contributed by atoms with Crippen molar-refractivity contribution in [3.05, 3.63) is 71.3 Å². The fourth-order valence-corrected chi connectivity index (χ4v) is 3.25. The number of benzene rings is 2. The lowest BCUT2D eigenvalue weighted by molar-refractivity contribution is 0.0894. The molecule has 0 heterocycles. The quantitative estimate of drug-likeness (QED) is 0.251. The van der Waals surface area contributed by atoms with E-state index in [1.807, 2.05) is 42.5 Å². The summed E-state index contributed by atoms with van der Waals surface area (Å²) in [7, 11) is 0. The predicted octanol–water partition coefficient (Wildman–Crippen LogP) is 6.44. The number of unbranched alkanes of at least 4 members (excludes halogenated alkanes) is 6.